The van der Waals surface area contributed by atoms with Gasteiger partial charge in [0.15, 0.2) is 0 Å². The number of hydrogen-bond acceptors (Lipinski definition) is 0. The maximum absolute atomic E-state index is 2.31. The summed E-state index contributed by atoms with van der Waals surface area (Å²) in [5, 5.41) is 0. The molecule has 0 amide bonds. The minimum Gasteiger partial charge on any atom is -0.0651 e. The average Bonchev–Trinajstić information content (AvgIpc) is 2.85. The number of benzene rings is 4. The summed E-state index contributed by atoms with van der Waals surface area (Å²) in [6.07, 6.45) is 5.64. The Hall–Kier alpha value is -3.12. The van der Waals surface area contributed by atoms with E-state index in [0.29, 0.717) is 5.92 Å². The van der Waals surface area contributed by atoms with Gasteiger partial charge in [0.05, 0.1) is 0 Å². The van der Waals surface area contributed by atoms with E-state index in [9.17, 15) is 0 Å². The lowest BCUT2D eigenvalue weighted by Crippen LogP contribution is -1.98. The van der Waals surface area contributed by atoms with Crippen LogP contribution in [0, 0.1) is 0 Å². The molecule has 0 radical (unpaired) electrons. The van der Waals surface area contributed by atoms with Crippen molar-refractivity contribution in [2.24, 2.45) is 0 Å². The molecule has 0 heteroatoms. The third-order valence-electron chi connectivity index (χ3n) is 6.42. The van der Waals surface area contributed by atoms with Crippen molar-refractivity contribution in [1.29, 1.82) is 0 Å². The molecule has 0 N–H and O–H groups in total. The lowest BCUT2D eigenvalue weighted by molar-refractivity contribution is 0.759. The SMILES string of the molecule is CCCc1ccc(CCc2ccc(-c3ccc(CC(C)c4ccccc4)cc3)cc2)cc1. The minimum absolute atomic E-state index is 0.532. The maximum atomic E-state index is 2.31. The van der Waals surface area contributed by atoms with Gasteiger partial charge in [0.2, 0.25) is 0 Å². The zero-order valence-corrected chi connectivity index (χ0v) is 19.4. The van der Waals surface area contributed by atoms with Crippen molar-refractivity contribution in [3.8, 4) is 11.1 Å². The van der Waals surface area contributed by atoms with Crippen LogP contribution in [0.15, 0.2) is 103 Å². The van der Waals surface area contributed by atoms with Crippen LogP contribution in [0.1, 0.15) is 54.0 Å². The van der Waals surface area contributed by atoms with Gasteiger partial charge in [0.1, 0.15) is 0 Å². The molecule has 0 aliphatic rings. The summed E-state index contributed by atoms with van der Waals surface area (Å²) in [5.74, 6) is 0.532. The summed E-state index contributed by atoms with van der Waals surface area (Å²) < 4.78 is 0. The molecule has 0 heterocycles. The maximum Gasteiger partial charge on any atom is -0.0150 e. The van der Waals surface area contributed by atoms with E-state index < -0.39 is 0 Å². The van der Waals surface area contributed by atoms with Gasteiger partial charge in [0, 0.05) is 0 Å². The highest BCUT2D eigenvalue weighted by Crippen LogP contribution is 2.24. The molecule has 0 aromatic heterocycles. The van der Waals surface area contributed by atoms with E-state index in [-0.39, 0.29) is 0 Å². The standard InChI is InChI=1S/C32H34/c1-3-7-26-10-12-27(13-11-26)14-15-28-16-20-31(21-17-28)32-22-18-29(19-23-32)24-25(2)30-8-5-4-6-9-30/h4-6,8-13,16-23,25H,3,7,14-15,24H2,1-2H3. The molecule has 4 aromatic rings. The Morgan fingerprint density at radius 3 is 1.44 bits per heavy atom. The van der Waals surface area contributed by atoms with Crippen molar-refractivity contribution in [2.45, 2.75) is 51.9 Å². The van der Waals surface area contributed by atoms with E-state index in [1.807, 2.05) is 0 Å². The van der Waals surface area contributed by atoms with E-state index in [1.54, 1.807) is 0 Å². The molecule has 0 nitrogen and oxygen atoms in total. The van der Waals surface area contributed by atoms with Gasteiger partial charge >= 0.3 is 0 Å². The first-order valence-corrected chi connectivity index (χ1v) is 12.0. The number of aryl methyl sites for hydroxylation is 3. The molecule has 0 spiro atoms. The second-order valence-corrected chi connectivity index (χ2v) is 8.98. The van der Waals surface area contributed by atoms with E-state index in [0.717, 1.165) is 19.3 Å². The van der Waals surface area contributed by atoms with Crippen LogP contribution >= 0.6 is 0 Å². The van der Waals surface area contributed by atoms with Gasteiger partial charge in [-0.3, -0.25) is 0 Å². The molecule has 162 valence electrons. The van der Waals surface area contributed by atoms with Gasteiger partial charge in [-0.25, -0.2) is 0 Å². The second kappa shape index (κ2) is 11.0. The smallest absolute Gasteiger partial charge is 0.0150 e. The molecule has 0 saturated carbocycles. The average molecular weight is 419 g/mol. The van der Waals surface area contributed by atoms with Gasteiger partial charge in [-0.05, 0) is 70.5 Å². The van der Waals surface area contributed by atoms with Crippen LogP contribution < -0.4 is 0 Å². The van der Waals surface area contributed by atoms with Gasteiger partial charge in [-0.2, -0.15) is 0 Å². The van der Waals surface area contributed by atoms with Crippen molar-refractivity contribution in [1.82, 2.24) is 0 Å². The van der Waals surface area contributed by atoms with Crippen LogP contribution in [0.2, 0.25) is 0 Å². The van der Waals surface area contributed by atoms with Crippen molar-refractivity contribution in [2.75, 3.05) is 0 Å². The molecule has 1 unspecified atom stereocenters. The Bertz CT molecular complexity index is 1070. The van der Waals surface area contributed by atoms with Crippen LogP contribution in [0.3, 0.4) is 0 Å². The summed E-state index contributed by atoms with van der Waals surface area (Å²) in [5.41, 5.74) is 9.66. The molecular weight excluding hydrogens is 384 g/mol. The molecule has 32 heavy (non-hydrogen) atoms. The molecule has 4 aromatic carbocycles. The topological polar surface area (TPSA) is 0 Å². The highest BCUT2D eigenvalue weighted by molar-refractivity contribution is 5.64. The fourth-order valence-corrected chi connectivity index (χ4v) is 4.40. The molecule has 4 rings (SSSR count). The normalized spacial score (nSPS) is 11.9. The minimum atomic E-state index is 0.532. The van der Waals surface area contributed by atoms with E-state index >= 15 is 0 Å². The third-order valence-corrected chi connectivity index (χ3v) is 6.42. The van der Waals surface area contributed by atoms with Gasteiger partial charge in [0.25, 0.3) is 0 Å². The Morgan fingerprint density at radius 1 is 0.500 bits per heavy atom. The molecular formula is C32H34. The van der Waals surface area contributed by atoms with E-state index in [1.165, 1.54) is 51.8 Å². The molecule has 0 aliphatic heterocycles. The van der Waals surface area contributed by atoms with Crippen molar-refractivity contribution in [3.63, 3.8) is 0 Å². The lowest BCUT2D eigenvalue weighted by Gasteiger charge is -2.12. The molecule has 0 fully saturated rings. The van der Waals surface area contributed by atoms with Crippen molar-refractivity contribution in [3.05, 3.63) is 131 Å². The summed E-state index contributed by atoms with van der Waals surface area (Å²) in [6, 6.07) is 38.1. The molecule has 0 aliphatic carbocycles. The van der Waals surface area contributed by atoms with Crippen LogP contribution in [-0.2, 0) is 25.7 Å². The predicted molar refractivity (Wildman–Crippen MR) is 138 cm³/mol. The fraction of sp³-hybridized carbons (Fsp3) is 0.250. The zero-order valence-electron chi connectivity index (χ0n) is 19.4. The highest BCUT2D eigenvalue weighted by Gasteiger charge is 2.07. The van der Waals surface area contributed by atoms with Crippen LogP contribution in [-0.4, -0.2) is 0 Å². The summed E-state index contributed by atoms with van der Waals surface area (Å²) in [6.45, 7) is 4.54. The Labute approximate surface area is 194 Å². The van der Waals surface area contributed by atoms with Crippen LogP contribution in [0.25, 0.3) is 11.1 Å². The quantitative estimate of drug-likeness (QED) is 0.256. The highest BCUT2D eigenvalue weighted by atomic mass is 14.1. The first-order valence-electron chi connectivity index (χ1n) is 12.0. The predicted octanol–water partition coefficient (Wildman–Crippen LogP) is 8.44. The largest absolute Gasteiger partial charge is 0.0651 e. The molecule has 1 atom stereocenters. The van der Waals surface area contributed by atoms with Gasteiger partial charge < -0.3 is 0 Å². The Balaban J connectivity index is 1.33. The first-order chi connectivity index (χ1) is 15.7. The summed E-state index contributed by atoms with van der Waals surface area (Å²) in [7, 11) is 0. The molecule has 0 saturated heterocycles. The second-order valence-electron chi connectivity index (χ2n) is 8.98. The fourth-order valence-electron chi connectivity index (χ4n) is 4.40. The monoisotopic (exact) mass is 418 g/mol. The summed E-state index contributed by atoms with van der Waals surface area (Å²) in [4.78, 5) is 0. The van der Waals surface area contributed by atoms with Crippen molar-refractivity contribution >= 4 is 0 Å². The number of hydrogen-bond donors (Lipinski definition) is 0. The van der Waals surface area contributed by atoms with E-state index in [2.05, 4.69) is 117 Å². The molecule has 0 bridgehead atoms. The number of rotatable bonds is 9. The zero-order chi connectivity index (χ0) is 22.2. The third kappa shape index (κ3) is 5.98. The van der Waals surface area contributed by atoms with Gasteiger partial charge in [-0.15, -0.1) is 0 Å². The lowest BCUT2D eigenvalue weighted by atomic mass is 9.92. The summed E-state index contributed by atoms with van der Waals surface area (Å²) >= 11 is 0. The first kappa shape index (κ1) is 22.1. The Kier molecular flexibility index (Phi) is 7.56. The van der Waals surface area contributed by atoms with Gasteiger partial charge in [-0.1, -0.05) is 123 Å². The van der Waals surface area contributed by atoms with E-state index in [4.69, 9.17) is 0 Å². The van der Waals surface area contributed by atoms with Crippen LogP contribution in [0.4, 0.5) is 0 Å². The van der Waals surface area contributed by atoms with Crippen LogP contribution in [0.5, 0.6) is 0 Å². The van der Waals surface area contributed by atoms with Crippen molar-refractivity contribution < 1.29 is 0 Å². The Morgan fingerprint density at radius 2 is 0.938 bits per heavy atom.